The highest BCUT2D eigenvalue weighted by molar-refractivity contribution is 5.85. The maximum absolute atomic E-state index is 3.47. The van der Waals surface area contributed by atoms with E-state index >= 15 is 0 Å². The van der Waals surface area contributed by atoms with Gasteiger partial charge in [-0.25, -0.2) is 0 Å². The number of piperazine rings is 1. The molecule has 1 unspecified atom stereocenters. The van der Waals surface area contributed by atoms with E-state index in [0.717, 1.165) is 13.1 Å². The van der Waals surface area contributed by atoms with Gasteiger partial charge < -0.3 is 5.32 Å². The zero-order valence-electron chi connectivity index (χ0n) is 14.6. The topological polar surface area (TPSA) is 15.3 Å². The highest BCUT2D eigenvalue weighted by atomic mass is 35.5. The fraction of sp³-hybridized carbons (Fsp3) is 0.667. The molecule has 0 aromatic heterocycles. The molecule has 2 nitrogen and oxygen atoms in total. The Hall–Kier alpha value is -0.280. The molecular weight excluding hydrogens is 315 g/mol. The van der Waals surface area contributed by atoms with Crippen molar-refractivity contribution in [2.45, 2.75) is 47.1 Å². The first-order valence-corrected chi connectivity index (χ1v) is 8.07. The molecule has 0 radical (unpaired) electrons. The molecule has 0 bridgehead atoms. The zero-order valence-corrected chi connectivity index (χ0v) is 16.2. The number of hydrogen-bond donors (Lipinski definition) is 1. The smallest absolute Gasteiger partial charge is 0.0379 e. The van der Waals surface area contributed by atoms with Gasteiger partial charge in [0.15, 0.2) is 0 Å². The van der Waals surface area contributed by atoms with Crippen LogP contribution in [-0.4, -0.2) is 31.1 Å². The summed E-state index contributed by atoms with van der Waals surface area (Å²) in [5.74, 6) is 0.702. The molecule has 1 aliphatic rings. The lowest BCUT2D eigenvalue weighted by atomic mass is 9.85. The van der Waals surface area contributed by atoms with Crippen LogP contribution in [0.1, 0.15) is 48.6 Å². The van der Waals surface area contributed by atoms with Crippen molar-refractivity contribution in [1.29, 1.82) is 0 Å². The summed E-state index contributed by atoms with van der Waals surface area (Å²) in [6.07, 6.45) is 1.24. The normalized spacial score (nSPS) is 18.0. The van der Waals surface area contributed by atoms with Crippen molar-refractivity contribution in [2.75, 3.05) is 26.2 Å². The predicted molar refractivity (Wildman–Crippen MR) is 102 cm³/mol. The Kier molecular flexibility index (Phi) is 9.64. The molecule has 0 saturated carbocycles. The van der Waals surface area contributed by atoms with E-state index in [4.69, 9.17) is 0 Å². The summed E-state index contributed by atoms with van der Waals surface area (Å²) in [5.41, 5.74) is 5.89. The van der Waals surface area contributed by atoms with Crippen LogP contribution in [0.25, 0.3) is 0 Å². The molecule has 0 amide bonds. The van der Waals surface area contributed by atoms with Crippen LogP contribution in [0.2, 0.25) is 0 Å². The van der Waals surface area contributed by atoms with E-state index in [1.807, 2.05) is 0 Å². The van der Waals surface area contributed by atoms with Crippen LogP contribution in [0.3, 0.4) is 0 Å². The van der Waals surface area contributed by atoms with E-state index in [-0.39, 0.29) is 24.8 Å². The van der Waals surface area contributed by atoms with E-state index in [9.17, 15) is 0 Å². The summed E-state index contributed by atoms with van der Waals surface area (Å²) in [4.78, 5) is 2.69. The maximum atomic E-state index is 3.47. The Morgan fingerprint density at radius 3 is 2.00 bits per heavy atom. The van der Waals surface area contributed by atoms with Crippen LogP contribution in [0.4, 0.5) is 0 Å². The fourth-order valence-corrected chi connectivity index (χ4v) is 3.67. The molecule has 1 aromatic carbocycles. The highest BCUT2D eigenvalue weighted by Gasteiger charge is 2.28. The minimum absolute atomic E-state index is 0. The second kappa shape index (κ2) is 9.77. The van der Waals surface area contributed by atoms with Crippen LogP contribution in [0.15, 0.2) is 12.1 Å². The maximum Gasteiger partial charge on any atom is 0.0379 e. The van der Waals surface area contributed by atoms with Crippen molar-refractivity contribution < 1.29 is 0 Å². The SMILES string of the molecule is CCC(C)[C@@H](c1c(C)cc(C)cc1C)N1CCNCC1.Cl.Cl. The van der Waals surface area contributed by atoms with Crippen molar-refractivity contribution in [3.8, 4) is 0 Å². The number of benzene rings is 1. The number of nitrogens with zero attached hydrogens (tertiary/aromatic N) is 1. The first kappa shape index (κ1) is 21.7. The molecule has 128 valence electrons. The molecular formula is C18H32Cl2N2. The lowest BCUT2D eigenvalue weighted by Crippen LogP contribution is -2.47. The molecule has 4 heteroatoms. The van der Waals surface area contributed by atoms with Crippen molar-refractivity contribution >= 4 is 24.8 Å². The third-order valence-corrected chi connectivity index (χ3v) is 4.76. The number of hydrogen-bond acceptors (Lipinski definition) is 2. The second-order valence-corrected chi connectivity index (χ2v) is 6.43. The van der Waals surface area contributed by atoms with Crippen LogP contribution in [-0.2, 0) is 0 Å². The minimum Gasteiger partial charge on any atom is -0.314 e. The van der Waals surface area contributed by atoms with Gasteiger partial charge in [-0.1, -0.05) is 38.0 Å². The molecule has 2 atom stereocenters. The molecule has 22 heavy (non-hydrogen) atoms. The van der Waals surface area contributed by atoms with Crippen molar-refractivity contribution in [3.05, 3.63) is 34.4 Å². The summed E-state index contributed by atoms with van der Waals surface area (Å²) >= 11 is 0. The Balaban J connectivity index is 0.00000220. The molecule has 1 saturated heterocycles. The average molecular weight is 347 g/mol. The fourth-order valence-electron chi connectivity index (χ4n) is 3.67. The molecule has 1 heterocycles. The van der Waals surface area contributed by atoms with E-state index in [2.05, 4.69) is 57.0 Å². The van der Waals surface area contributed by atoms with Gasteiger partial charge in [-0.15, -0.1) is 24.8 Å². The molecule has 1 aromatic rings. The van der Waals surface area contributed by atoms with Gasteiger partial charge in [0, 0.05) is 32.2 Å². The number of halogens is 2. The number of aryl methyl sites for hydroxylation is 3. The molecule has 1 aliphatic heterocycles. The summed E-state index contributed by atoms with van der Waals surface area (Å²) in [7, 11) is 0. The summed E-state index contributed by atoms with van der Waals surface area (Å²) in [5, 5.41) is 3.47. The largest absolute Gasteiger partial charge is 0.314 e. The van der Waals surface area contributed by atoms with Gasteiger partial charge in [-0.05, 0) is 43.4 Å². The van der Waals surface area contributed by atoms with Gasteiger partial charge in [-0.2, -0.15) is 0 Å². The lowest BCUT2D eigenvalue weighted by molar-refractivity contribution is 0.127. The summed E-state index contributed by atoms with van der Waals surface area (Å²) < 4.78 is 0. The number of rotatable bonds is 4. The monoisotopic (exact) mass is 346 g/mol. The second-order valence-electron chi connectivity index (χ2n) is 6.43. The molecule has 1 N–H and O–H groups in total. The Labute approximate surface area is 148 Å². The Morgan fingerprint density at radius 1 is 1.05 bits per heavy atom. The lowest BCUT2D eigenvalue weighted by Gasteiger charge is -2.40. The standard InChI is InChI=1S/C18H30N2.2ClH/c1-6-14(3)18(20-9-7-19-8-10-20)17-15(4)11-13(2)12-16(17)5;;/h11-12,14,18-19H,6-10H2,1-5H3;2*1H/t14?,18-;;/m0../s1. The molecule has 2 rings (SSSR count). The van der Waals surface area contributed by atoms with Crippen LogP contribution in [0.5, 0.6) is 0 Å². The van der Waals surface area contributed by atoms with Gasteiger partial charge in [-0.3, -0.25) is 4.90 Å². The third-order valence-electron chi connectivity index (χ3n) is 4.76. The molecule has 0 spiro atoms. The molecule has 1 fully saturated rings. The number of nitrogens with one attached hydrogen (secondary N) is 1. The quantitative estimate of drug-likeness (QED) is 0.866. The first-order chi connectivity index (χ1) is 9.54. The van der Waals surface area contributed by atoms with Gasteiger partial charge >= 0.3 is 0 Å². The van der Waals surface area contributed by atoms with E-state index in [1.165, 1.54) is 36.2 Å². The van der Waals surface area contributed by atoms with Gasteiger partial charge in [0.05, 0.1) is 0 Å². The summed E-state index contributed by atoms with van der Waals surface area (Å²) in [6, 6.07) is 5.27. The third kappa shape index (κ3) is 4.86. The zero-order chi connectivity index (χ0) is 14.7. The van der Waals surface area contributed by atoms with E-state index in [1.54, 1.807) is 5.56 Å². The van der Waals surface area contributed by atoms with Crippen LogP contribution in [0, 0.1) is 26.7 Å². The van der Waals surface area contributed by atoms with Gasteiger partial charge in [0.2, 0.25) is 0 Å². The van der Waals surface area contributed by atoms with Gasteiger partial charge in [0.1, 0.15) is 0 Å². The van der Waals surface area contributed by atoms with Crippen molar-refractivity contribution in [3.63, 3.8) is 0 Å². The predicted octanol–water partition coefficient (Wildman–Crippen LogP) is 4.45. The first-order valence-electron chi connectivity index (χ1n) is 8.07. The van der Waals surface area contributed by atoms with Gasteiger partial charge in [0.25, 0.3) is 0 Å². The average Bonchev–Trinajstić information content (AvgIpc) is 2.42. The highest BCUT2D eigenvalue weighted by Crippen LogP contribution is 2.35. The van der Waals surface area contributed by atoms with E-state index < -0.39 is 0 Å². The van der Waals surface area contributed by atoms with Crippen molar-refractivity contribution in [1.82, 2.24) is 10.2 Å². The summed E-state index contributed by atoms with van der Waals surface area (Å²) in [6.45, 7) is 16.1. The Morgan fingerprint density at radius 2 is 1.55 bits per heavy atom. The minimum atomic E-state index is 0. The van der Waals surface area contributed by atoms with E-state index in [0.29, 0.717) is 12.0 Å². The Bertz CT molecular complexity index is 433. The van der Waals surface area contributed by atoms with Crippen molar-refractivity contribution in [2.24, 2.45) is 5.92 Å². The van der Waals surface area contributed by atoms with Crippen LogP contribution < -0.4 is 5.32 Å². The molecule has 0 aliphatic carbocycles. The van der Waals surface area contributed by atoms with Crippen LogP contribution >= 0.6 is 24.8 Å².